The van der Waals surface area contributed by atoms with Crippen LogP contribution in [0.4, 0.5) is 0 Å². The molecular weight excluding hydrogens is 1660 g/mol. The summed E-state index contributed by atoms with van der Waals surface area (Å²) in [5.41, 5.74) is -1.44. The molecule has 796 valence electrons. The van der Waals surface area contributed by atoms with E-state index in [2.05, 4.69) is 116 Å². The fourth-order valence-corrected chi connectivity index (χ4v) is 29.4. The Hall–Kier alpha value is -3.22. The molecule has 13 unspecified atom stereocenters. The highest BCUT2D eigenvalue weighted by molar-refractivity contribution is 5.82. The van der Waals surface area contributed by atoms with Gasteiger partial charge in [0.15, 0.2) is 0 Å². The van der Waals surface area contributed by atoms with Crippen molar-refractivity contribution in [1.29, 1.82) is 0 Å². The Kier molecular flexibility index (Phi) is 49.4. The van der Waals surface area contributed by atoms with E-state index in [0.29, 0.717) is 45.8 Å². The number of aliphatic hydroxyl groups is 1. The zero-order chi connectivity index (χ0) is 90.0. The molecule has 13 nitrogen and oxygen atoms in total. The number of hydrogen-bond donors (Lipinski definition) is 2. The Morgan fingerprint density at radius 2 is 0.836 bits per heavy atom. The van der Waals surface area contributed by atoms with Crippen molar-refractivity contribution in [1.82, 2.24) is 5.32 Å². The van der Waals surface area contributed by atoms with Crippen molar-refractivity contribution in [2.75, 3.05) is 6.61 Å². The second-order valence-electron chi connectivity index (χ2n) is 51.2. The van der Waals surface area contributed by atoms with Crippen LogP contribution in [0.2, 0.25) is 0 Å². The minimum Gasteiger partial charge on any atom is -0.462 e. The number of nitrogens with one attached hydrogen (secondary N) is 1. The number of hydrogen-bond acceptors (Lipinski definition) is 12. The summed E-state index contributed by atoms with van der Waals surface area (Å²) in [5, 5.41) is 15.3. The summed E-state index contributed by atoms with van der Waals surface area (Å²) in [6.45, 7) is 57.6. The van der Waals surface area contributed by atoms with Crippen molar-refractivity contribution < 1.29 is 57.6 Å². The molecule has 2 N–H and O–H groups in total. The molecule has 14 atom stereocenters. The van der Waals surface area contributed by atoms with Gasteiger partial charge in [-0.3, -0.25) is 28.8 Å². The fraction of sp³-hybridized carbons (Fsp3) is 0.950. The van der Waals surface area contributed by atoms with Crippen molar-refractivity contribution in [3.8, 4) is 0 Å². The first kappa shape index (κ1) is 133. The quantitative estimate of drug-likeness (QED) is 0.0531. The average Bonchev–Trinajstić information content (AvgIpc) is 1.52. The first-order valence-corrected chi connectivity index (χ1v) is 51.9. The van der Waals surface area contributed by atoms with Gasteiger partial charge in [0.2, 0.25) is 5.91 Å². The smallest absolute Gasteiger partial charge is 0.312 e. The number of ether oxygens (including phenoxy) is 5. The predicted octanol–water partition coefficient (Wildman–Crippen LogP) is 34.9. The van der Waals surface area contributed by atoms with E-state index >= 15 is 0 Å². The molecule has 0 aliphatic heterocycles. The minimum atomic E-state index is -0.849. The van der Waals surface area contributed by atoms with Crippen LogP contribution in [0.1, 0.15) is 546 Å². The van der Waals surface area contributed by atoms with Gasteiger partial charge in [0.25, 0.3) is 0 Å². The van der Waals surface area contributed by atoms with Crippen LogP contribution >= 0.6 is 0 Å². The van der Waals surface area contributed by atoms with Gasteiger partial charge in [-0.2, -0.15) is 0 Å². The Bertz CT molecular complexity index is 3500. The summed E-state index contributed by atoms with van der Waals surface area (Å²) in [7, 11) is 0. The zero-order valence-electron chi connectivity index (χ0n) is 83.7. The summed E-state index contributed by atoms with van der Waals surface area (Å²) in [6, 6.07) is 0. The van der Waals surface area contributed by atoms with Crippen LogP contribution in [0.3, 0.4) is 0 Å². The Morgan fingerprint density at radius 1 is 0.418 bits per heavy atom. The van der Waals surface area contributed by atoms with E-state index in [0.717, 1.165) is 136 Å². The molecule has 0 spiro atoms. The Labute approximate surface area is 834 Å². The maximum absolute atomic E-state index is 12.7. The van der Waals surface area contributed by atoms with Gasteiger partial charge in [0.1, 0.15) is 35.6 Å². The molecule has 134 heavy (non-hydrogen) atoms. The van der Waals surface area contributed by atoms with Gasteiger partial charge < -0.3 is 34.1 Å². The molecular formula is C121H235NO12. The van der Waals surface area contributed by atoms with Crippen LogP contribution in [0.15, 0.2) is 0 Å². The van der Waals surface area contributed by atoms with Crippen LogP contribution in [0, 0.1) is 154 Å². The van der Waals surface area contributed by atoms with E-state index in [1.807, 2.05) is 76.2 Å². The Morgan fingerprint density at radius 3 is 1.29 bits per heavy atom. The minimum absolute atomic E-state index is 0. The summed E-state index contributed by atoms with van der Waals surface area (Å²) < 4.78 is 29.9. The largest absolute Gasteiger partial charge is 0.462 e. The summed E-state index contributed by atoms with van der Waals surface area (Å²) >= 11 is 0. The molecule has 0 heterocycles. The number of fused-ring (bicyclic) bond motifs is 8. The van der Waals surface area contributed by atoms with Crippen LogP contribution in [0.5, 0.6) is 0 Å². The third-order valence-corrected chi connectivity index (χ3v) is 40.3. The highest BCUT2D eigenvalue weighted by Crippen LogP contribution is 2.74. The normalized spacial score (nSPS) is 36.3. The number of unbranched alkanes of at least 4 members (excludes halogenated alkanes) is 2. The SMILES string of the molecule is C.C.C.C.C.C.C.C.C.C.C.C.CCC(C)(C)C(=O)NC12CC3CC(CC(C3)C1)C2.CCC(C)(C)C(=O)OC(C)C12CC3CC(CC1C3)C2.CCC(C)(C)C(=O)OC1(C)CCC2C(C3C(C)CCC31)C2(C)C.CCC(C)(C)C(=O)OC1C2CCCC1CCC2.CCC(C)(C)C(=O)OCC1(O)C2CCC3C2C(C)(C)CCC[C@@]31C.CCCCCC12CCC(OC(=O)C(C)(C)CC)(CC1)CC2. The first-order chi connectivity index (χ1) is 56.7. The van der Waals surface area contributed by atoms with Gasteiger partial charge in [-0.25, -0.2) is 0 Å². The molecule has 1 amide bonds. The summed E-state index contributed by atoms with van der Waals surface area (Å²) in [4.78, 5) is 74.6. The Balaban J connectivity index is 0. The summed E-state index contributed by atoms with van der Waals surface area (Å²) in [6.07, 6.45) is 51.3. The lowest BCUT2D eigenvalue weighted by atomic mass is 9.53. The maximum atomic E-state index is 12.7. The predicted molar refractivity (Wildman–Crippen MR) is 575 cm³/mol. The van der Waals surface area contributed by atoms with Crippen LogP contribution in [-0.2, 0) is 52.5 Å². The lowest BCUT2D eigenvalue weighted by Crippen LogP contribution is -2.61. The molecule has 13 heteroatoms. The van der Waals surface area contributed by atoms with E-state index in [1.165, 1.54) is 193 Å². The monoisotopic (exact) mass is 1890 g/mol. The molecule has 19 aliphatic rings. The van der Waals surface area contributed by atoms with E-state index in [-0.39, 0.29) is 204 Å². The van der Waals surface area contributed by atoms with E-state index in [9.17, 15) is 33.9 Å². The van der Waals surface area contributed by atoms with E-state index < -0.39 is 11.0 Å². The molecule has 19 aliphatic carbocycles. The van der Waals surface area contributed by atoms with Crippen LogP contribution in [0.25, 0.3) is 0 Å². The molecule has 0 aromatic carbocycles. The van der Waals surface area contributed by atoms with Gasteiger partial charge in [0, 0.05) is 27.7 Å². The molecule has 0 aromatic rings. The van der Waals surface area contributed by atoms with E-state index in [4.69, 9.17) is 23.7 Å². The van der Waals surface area contributed by atoms with Gasteiger partial charge >= 0.3 is 29.8 Å². The second-order valence-corrected chi connectivity index (χ2v) is 51.2. The second kappa shape index (κ2) is 49.9. The fourth-order valence-electron chi connectivity index (χ4n) is 29.4. The van der Waals surface area contributed by atoms with Gasteiger partial charge in [-0.15, -0.1) is 0 Å². The average molecular weight is 1900 g/mol. The number of amides is 1. The third kappa shape index (κ3) is 27.1. The van der Waals surface area contributed by atoms with Crippen molar-refractivity contribution >= 4 is 35.8 Å². The molecule has 0 aromatic heterocycles. The van der Waals surface area contributed by atoms with Crippen LogP contribution < -0.4 is 5.32 Å². The number of rotatable bonds is 24. The van der Waals surface area contributed by atoms with E-state index in [1.54, 1.807) is 0 Å². The van der Waals surface area contributed by atoms with Crippen molar-refractivity contribution in [2.24, 2.45) is 154 Å². The third-order valence-electron chi connectivity index (χ3n) is 40.3. The van der Waals surface area contributed by atoms with Gasteiger partial charge in [-0.1, -0.05) is 238 Å². The maximum Gasteiger partial charge on any atom is 0.312 e. The molecule has 19 rings (SSSR count). The summed E-state index contributed by atoms with van der Waals surface area (Å²) in [5.74, 6) is 12.1. The molecule has 0 radical (unpaired) electrons. The number of carbonyl (C=O) groups is 6. The first-order valence-electron chi connectivity index (χ1n) is 51.9. The number of esters is 5. The molecule has 16 bridgehead atoms. The van der Waals surface area contributed by atoms with Gasteiger partial charge in [-0.05, 0) is 413 Å². The number of carbonyl (C=O) groups excluding carboxylic acids is 6. The van der Waals surface area contributed by atoms with Crippen molar-refractivity contribution in [3.05, 3.63) is 0 Å². The zero-order valence-corrected chi connectivity index (χ0v) is 83.7. The lowest BCUT2D eigenvalue weighted by molar-refractivity contribution is -0.188. The van der Waals surface area contributed by atoms with Gasteiger partial charge in [0.05, 0.1) is 27.1 Å². The molecule has 19 saturated carbocycles. The molecule has 19 fully saturated rings. The highest BCUT2D eigenvalue weighted by atomic mass is 16.6. The van der Waals surface area contributed by atoms with Crippen molar-refractivity contribution in [2.45, 2.75) is 580 Å². The van der Waals surface area contributed by atoms with Crippen molar-refractivity contribution in [3.63, 3.8) is 0 Å². The standard InChI is InChI=1S/C21H36O3.C21H36O2.C19H34O2.C17H28O2.C16H27NO.C15H26O2.12CH4/c1-7-18(2,3)17(22)24-13-21(23)15-10-9-14-16(15)19(4,5)11-8-12-20(14,21)6;1-8-19(3,4)18(22)23-21(7)12-11-15-17(20(15,5)6)16-13(2)9-10-14(16)21;1-5-7-8-9-18-10-13-19(14-11-18,15-12-18)21-16(20)17(3,4)6-2;1-5-16(3,4)15(18)19-11(2)17-9-12-6-13(10-17)8-14(17)7-12;1-4-15(2,3)14(18)17-16-8-11-5-12(9-16)7-13(6-11)10-16;1-4-15(2,3)14(16)17-13-11-7-5-8-12(13)10-6-9-11;;;;;;;;;;;;/h14-16,23H,7-13H2,1-6H3;13-17H,8-12H2,1-7H3;5-15H2,1-4H3;11-14H,5-10H2,1-4H3;11-13H,4-10H2,1-3H3,(H,17,18);11-13H,4-10H2,1-3H3;12*1H4/t14?,15?,16?,20-,21?;;;;;;;;;;;;;;;;;/m0................./s1. The lowest BCUT2D eigenvalue weighted by Gasteiger charge is -2.57. The highest BCUT2D eigenvalue weighted by Gasteiger charge is 2.73. The topological polar surface area (TPSA) is 181 Å². The van der Waals surface area contributed by atoms with Crippen LogP contribution in [-0.4, -0.2) is 82.0 Å². The molecule has 0 saturated heterocycles.